The van der Waals surface area contributed by atoms with Gasteiger partial charge in [-0.15, -0.1) is 0 Å². The maximum Gasteiger partial charge on any atom is 0.318 e. The van der Waals surface area contributed by atoms with Crippen LogP contribution >= 0.6 is 0 Å². The molecule has 1 saturated carbocycles. The Morgan fingerprint density at radius 3 is 2.48 bits per heavy atom. The van der Waals surface area contributed by atoms with E-state index in [9.17, 15) is 14.7 Å². The number of nitrogens with zero attached hydrogens (tertiary/aromatic N) is 1. The van der Waals surface area contributed by atoms with Crippen molar-refractivity contribution in [2.45, 2.75) is 82.6 Å². The fourth-order valence-corrected chi connectivity index (χ4v) is 4.67. The fraction of sp³-hybridized carbons (Fsp3) is 0.905. The van der Waals surface area contributed by atoms with Crippen molar-refractivity contribution in [2.75, 3.05) is 32.9 Å². The van der Waals surface area contributed by atoms with Crippen molar-refractivity contribution >= 4 is 11.9 Å². The van der Waals surface area contributed by atoms with E-state index in [4.69, 9.17) is 9.47 Å². The number of morpholine rings is 1. The van der Waals surface area contributed by atoms with E-state index < -0.39 is 18.2 Å². The van der Waals surface area contributed by atoms with Crippen molar-refractivity contribution < 1.29 is 24.2 Å². The summed E-state index contributed by atoms with van der Waals surface area (Å²) in [5.41, 5.74) is 0. The third kappa shape index (κ3) is 6.30. The molecule has 0 aromatic heterocycles. The summed E-state index contributed by atoms with van der Waals surface area (Å²) in [6, 6.07) is -1.24. The molecule has 8 heteroatoms. The van der Waals surface area contributed by atoms with Crippen LogP contribution in [0.5, 0.6) is 0 Å². The second kappa shape index (κ2) is 11.1. The summed E-state index contributed by atoms with van der Waals surface area (Å²) in [4.78, 5) is 27.6. The molecule has 2 saturated heterocycles. The molecule has 3 N–H and O–H groups in total. The van der Waals surface area contributed by atoms with Crippen LogP contribution in [0.4, 0.5) is 4.79 Å². The highest BCUT2D eigenvalue weighted by molar-refractivity contribution is 5.87. The van der Waals surface area contributed by atoms with Gasteiger partial charge in [0.15, 0.2) is 0 Å². The lowest BCUT2D eigenvalue weighted by Crippen LogP contribution is -2.57. The van der Waals surface area contributed by atoms with Gasteiger partial charge in [0.2, 0.25) is 5.91 Å². The van der Waals surface area contributed by atoms with E-state index in [1.165, 1.54) is 25.7 Å². The average Bonchev–Trinajstić information content (AvgIpc) is 2.92. The predicted octanol–water partition coefficient (Wildman–Crippen LogP) is 1.41. The summed E-state index contributed by atoms with van der Waals surface area (Å²) in [5, 5.41) is 16.2. The van der Waals surface area contributed by atoms with Gasteiger partial charge in [-0.3, -0.25) is 4.79 Å². The van der Waals surface area contributed by atoms with E-state index in [0.717, 1.165) is 19.3 Å². The summed E-state index contributed by atoms with van der Waals surface area (Å²) in [6.07, 6.45) is 7.52. The van der Waals surface area contributed by atoms with E-state index in [-0.39, 0.29) is 24.6 Å². The number of carbonyl (C=O) groups is 2. The molecular formula is C21H37N3O5. The summed E-state index contributed by atoms with van der Waals surface area (Å²) < 4.78 is 10.9. The Morgan fingerprint density at radius 1 is 1.14 bits per heavy atom. The molecular weight excluding hydrogens is 374 g/mol. The molecule has 2 aliphatic heterocycles. The van der Waals surface area contributed by atoms with Crippen LogP contribution in [0.3, 0.4) is 0 Å². The lowest BCUT2D eigenvalue weighted by molar-refractivity contribution is -0.125. The Balaban J connectivity index is 1.64. The summed E-state index contributed by atoms with van der Waals surface area (Å²) >= 11 is 0. The van der Waals surface area contributed by atoms with E-state index in [1.807, 2.05) is 6.92 Å². The first kappa shape index (κ1) is 22.3. The minimum atomic E-state index is -0.711. The molecule has 0 bridgehead atoms. The largest absolute Gasteiger partial charge is 0.388 e. The van der Waals surface area contributed by atoms with Gasteiger partial charge in [0, 0.05) is 13.1 Å². The molecule has 29 heavy (non-hydrogen) atoms. The molecule has 4 atom stereocenters. The zero-order valence-corrected chi connectivity index (χ0v) is 17.6. The van der Waals surface area contributed by atoms with E-state index >= 15 is 0 Å². The highest BCUT2D eigenvalue weighted by Gasteiger charge is 2.38. The van der Waals surface area contributed by atoms with Crippen molar-refractivity contribution in [3.05, 3.63) is 0 Å². The lowest BCUT2D eigenvalue weighted by atomic mass is 9.92. The van der Waals surface area contributed by atoms with Crippen LogP contribution in [0.2, 0.25) is 0 Å². The Hall–Kier alpha value is -1.38. The first-order chi connectivity index (χ1) is 14.1. The van der Waals surface area contributed by atoms with Crippen molar-refractivity contribution in [1.29, 1.82) is 0 Å². The first-order valence-electron chi connectivity index (χ1n) is 11.3. The highest BCUT2D eigenvalue weighted by atomic mass is 16.5. The first-order valence-corrected chi connectivity index (χ1v) is 11.3. The minimum Gasteiger partial charge on any atom is -0.388 e. The quantitative estimate of drug-likeness (QED) is 0.574. The zero-order valence-electron chi connectivity index (χ0n) is 17.6. The van der Waals surface area contributed by atoms with Crippen molar-refractivity contribution in [3.63, 3.8) is 0 Å². The van der Waals surface area contributed by atoms with Gasteiger partial charge in [0.1, 0.15) is 12.1 Å². The molecule has 3 fully saturated rings. The van der Waals surface area contributed by atoms with Crippen LogP contribution < -0.4 is 10.6 Å². The Labute approximate surface area is 173 Å². The molecule has 3 amide bonds. The minimum absolute atomic E-state index is 0.192. The molecule has 0 spiro atoms. The standard InChI is InChI=1S/C21H37N3O5/c1-2-18-19(17(25)14-29-18)23-20(26)16(13-15-7-5-3-4-6-8-15)22-21(27)24-9-11-28-12-10-24/h15-19,25H,2-14H2,1H3,(H,22,27)(H,23,26)/t16-,17?,18-,19-/m0/s1. The van der Waals surface area contributed by atoms with E-state index in [1.54, 1.807) is 4.90 Å². The highest BCUT2D eigenvalue weighted by Crippen LogP contribution is 2.27. The Bertz CT molecular complexity index is 532. The molecule has 1 aliphatic carbocycles. The SMILES string of the molecule is CC[C@@H]1OCC(O)[C@@H]1NC(=O)[C@H](CC1CCCCCC1)NC(=O)N1CCOCC1. The molecule has 1 unspecified atom stereocenters. The third-order valence-corrected chi connectivity index (χ3v) is 6.46. The number of rotatable bonds is 6. The third-order valence-electron chi connectivity index (χ3n) is 6.46. The van der Waals surface area contributed by atoms with Gasteiger partial charge in [-0.1, -0.05) is 45.4 Å². The van der Waals surface area contributed by atoms with Crippen LogP contribution in [0.25, 0.3) is 0 Å². The number of carbonyl (C=O) groups excluding carboxylic acids is 2. The van der Waals surface area contributed by atoms with Gasteiger partial charge in [0.05, 0.1) is 32.0 Å². The van der Waals surface area contributed by atoms with Crippen LogP contribution in [-0.2, 0) is 14.3 Å². The molecule has 3 aliphatic rings. The monoisotopic (exact) mass is 411 g/mol. The Kier molecular flexibility index (Phi) is 8.56. The molecule has 3 rings (SSSR count). The van der Waals surface area contributed by atoms with Gasteiger partial charge in [-0.25, -0.2) is 4.79 Å². The number of nitrogens with one attached hydrogen (secondary N) is 2. The Morgan fingerprint density at radius 2 is 1.83 bits per heavy atom. The fourth-order valence-electron chi connectivity index (χ4n) is 4.67. The van der Waals surface area contributed by atoms with Crippen LogP contribution in [-0.4, -0.2) is 79.1 Å². The lowest BCUT2D eigenvalue weighted by Gasteiger charge is -2.31. The van der Waals surface area contributed by atoms with Crippen LogP contribution in [0.15, 0.2) is 0 Å². The molecule has 8 nitrogen and oxygen atoms in total. The van der Waals surface area contributed by atoms with Gasteiger partial charge in [-0.2, -0.15) is 0 Å². The van der Waals surface area contributed by atoms with Gasteiger partial charge < -0.3 is 30.1 Å². The van der Waals surface area contributed by atoms with Crippen LogP contribution in [0, 0.1) is 5.92 Å². The van der Waals surface area contributed by atoms with E-state index in [2.05, 4.69) is 10.6 Å². The number of ether oxygens (including phenoxy) is 2. The van der Waals surface area contributed by atoms with Gasteiger partial charge in [0.25, 0.3) is 0 Å². The molecule has 0 radical (unpaired) electrons. The molecule has 0 aromatic carbocycles. The average molecular weight is 412 g/mol. The number of hydrogen-bond donors (Lipinski definition) is 3. The number of aliphatic hydroxyl groups excluding tert-OH is 1. The second-order valence-corrected chi connectivity index (χ2v) is 8.58. The topological polar surface area (TPSA) is 100 Å². The molecule has 2 heterocycles. The predicted molar refractivity (Wildman–Crippen MR) is 108 cm³/mol. The van der Waals surface area contributed by atoms with Gasteiger partial charge >= 0.3 is 6.03 Å². The van der Waals surface area contributed by atoms with Gasteiger partial charge in [-0.05, 0) is 18.8 Å². The van der Waals surface area contributed by atoms with E-state index in [0.29, 0.717) is 38.6 Å². The maximum atomic E-state index is 13.1. The second-order valence-electron chi connectivity index (χ2n) is 8.58. The number of hydrogen-bond acceptors (Lipinski definition) is 5. The number of urea groups is 1. The summed E-state index contributed by atoms with van der Waals surface area (Å²) in [5.74, 6) is 0.216. The smallest absolute Gasteiger partial charge is 0.318 e. The van der Waals surface area contributed by atoms with Crippen molar-refractivity contribution in [2.24, 2.45) is 5.92 Å². The summed E-state index contributed by atoms with van der Waals surface area (Å²) in [6.45, 7) is 4.34. The number of aliphatic hydroxyl groups is 1. The summed E-state index contributed by atoms with van der Waals surface area (Å²) in [7, 11) is 0. The molecule has 0 aromatic rings. The normalized spacial score (nSPS) is 29.9. The number of amides is 3. The maximum absolute atomic E-state index is 13.1. The van der Waals surface area contributed by atoms with Crippen molar-refractivity contribution in [1.82, 2.24) is 15.5 Å². The zero-order chi connectivity index (χ0) is 20.6. The van der Waals surface area contributed by atoms with Crippen molar-refractivity contribution in [3.8, 4) is 0 Å². The molecule has 166 valence electrons. The van der Waals surface area contributed by atoms with Crippen LogP contribution in [0.1, 0.15) is 58.3 Å².